The molecule has 8 heteroatoms. The van der Waals surface area contributed by atoms with Crippen LogP contribution in [0.3, 0.4) is 0 Å². The standard InChI is InChI=1S/C21H17F2N5O/c1-12-7-14(27-29-12)9-19-26-18-11-25-17-4-3-13(24-2)8-16(17)20(18)28(19)15-5-6-21(22,23)10-15/h3-4,7-8,11,15H,5-6,9-10H2,1H3. The summed E-state index contributed by atoms with van der Waals surface area (Å²) >= 11 is 0. The molecule has 0 amide bonds. The molecule has 1 aromatic carbocycles. The first kappa shape index (κ1) is 17.7. The molecule has 0 saturated heterocycles. The van der Waals surface area contributed by atoms with Gasteiger partial charge in [-0.2, -0.15) is 0 Å². The third-order valence-corrected chi connectivity index (χ3v) is 5.46. The Kier molecular flexibility index (Phi) is 3.88. The highest BCUT2D eigenvalue weighted by molar-refractivity contribution is 6.03. The van der Waals surface area contributed by atoms with E-state index in [1.54, 1.807) is 31.3 Å². The third-order valence-electron chi connectivity index (χ3n) is 5.46. The molecule has 3 aromatic heterocycles. The van der Waals surface area contributed by atoms with E-state index in [2.05, 4.69) is 15.0 Å². The van der Waals surface area contributed by atoms with E-state index in [1.165, 1.54) is 0 Å². The van der Waals surface area contributed by atoms with Gasteiger partial charge in [0.1, 0.15) is 17.1 Å². The van der Waals surface area contributed by atoms with Crippen LogP contribution in [0, 0.1) is 13.5 Å². The monoisotopic (exact) mass is 393 g/mol. The number of pyridine rings is 1. The first-order valence-corrected chi connectivity index (χ1v) is 9.40. The van der Waals surface area contributed by atoms with E-state index in [0.717, 1.165) is 10.9 Å². The summed E-state index contributed by atoms with van der Waals surface area (Å²) in [6.07, 6.45) is 2.04. The van der Waals surface area contributed by atoms with Crippen LogP contribution < -0.4 is 0 Å². The van der Waals surface area contributed by atoms with Crippen molar-refractivity contribution in [1.29, 1.82) is 0 Å². The number of aryl methyl sites for hydroxylation is 1. The molecular formula is C21H17F2N5O. The molecule has 1 saturated carbocycles. The van der Waals surface area contributed by atoms with Gasteiger partial charge in [0, 0.05) is 30.3 Å². The summed E-state index contributed by atoms with van der Waals surface area (Å²) in [6.45, 7) is 9.13. The summed E-state index contributed by atoms with van der Waals surface area (Å²) < 4.78 is 35.2. The fourth-order valence-corrected chi connectivity index (χ4v) is 4.21. The second-order valence-corrected chi connectivity index (χ2v) is 7.56. The highest BCUT2D eigenvalue weighted by Gasteiger charge is 2.41. The normalized spacial score (nSPS) is 18.5. The van der Waals surface area contributed by atoms with Crippen molar-refractivity contribution in [3.63, 3.8) is 0 Å². The molecule has 1 unspecified atom stereocenters. The second kappa shape index (κ2) is 6.34. The molecule has 1 fully saturated rings. The van der Waals surface area contributed by atoms with Crippen LogP contribution in [0.25, 0.3) is 26.8 Å². The maximum Gasteiger partial charge on any atom is 0.250 e. The fourth-order valence-electron chi connectivity index (χ4n) is 4.21. The van der Waals surface area contributed by atoms with Crippen molar-refractivity contribution in [2.24, 2.45) is 0 Å². The molecule has 0 spiro atoms. The molecule has 4 aromatic rings. The zero-order valence-corrected chi connectivity index (χ0v) is 15.7. The van der Waals surface area contributed by atoms with Gasteiger partial charge in [-0.25, -0.2) is 18.6 Å². The zero-order chi connectivity index (χ0) is 20.2. The molecule has 1 aliphatic carbocycles. The van der Waals surface area contributed by atoms with E-state index in [-0.39, 0.29) is 18.9 Å². The maximum absolute atomic E-state index is 14.1. The first-order valence-electron chi connectivity index (χ1n) is 9.40. The Morgan fingerprint density at radius 2 is 2.17 bits per heavy atom. The van der Waals surface area contributed by atoms with Gasteiger partial charge in [-0.15, -0.1) is 0 Å². The van der Waals surface area contributed by atoms with E-state index in [1.807, 2.05) is 10.6 Å². The number of hydrogen-bond acceptors (Lipinski definition) is 4. The van der Waals surface area contributed by atoms with E-state index < -0.39 is 5.92 Å². The molecule has 3 heterocycles. The molecule has 6 nitrogen and oxygen atoms in total. The maximum atomic E-state index is 14.1. The molecular weight excluding hydrogens is 376 g/mol. The number of imidazole rings is 1. The van der Waals surface area contributed by atoms with E-state index >= 15 is 0 Å². The van der Waals surface area contributed by atoms with Gasteiger partial charge < -0.3 is 9.09 Å². The summed E-state index contributed by atoms with van der Waals surface area (Å²) in [5.74, 6) is -1.35. The minimum absolute atomic E-state index is 0.143. The Labute approximate surface area is 165 Å². The Morgan fingerprint density at radius 1 is 1.31 bits per heavy atom. The quantitative estimate of drug-likeness (QED) is 0.438. The lowest BCUT2D eigenvalue weighted by Crippen LogP contribution is -2.14. The molecule has 1 atom stereocenters. The van der Waals surface area contributed by atoms with Gasteiger partial charge in [0.2, 0.25) is 5.92 Å². The molecule has 0 N–H and O–H groups in total. The van der Waals surface area contributed by atoms with E-state index in [9.17, 15) is 8.78 Å². The van der Waals surface area contributed by atoms with Crippen LogP contribution in [-0.4, -0.2) is 25.6 Å². The summed E-state index contributed by atoms with van der Waals surface area (Å²) in [7, 11) is 0. The van der Waals surface area contributed by atoms with E-state index in [4.69, 9.17) is 16.1 Å². The van der Waals surface area contributed by atoms with Gasteiger partial charge in [-0.05, 0) is 25.5 Å². The van der Waals surface area contributed by atoms with Gasteiger partial charge >= 0.3 is 0 Å². The van der Waals surface area contributed by atoms with Gasteiger partial charge in [0.15, 0.2) is 5.69 Å². The molecule has 5 rings (SSSR count). The summed E-state index contributed by atoms with van der Waals surface area (Å²) in [5, 5.41) is 4.79. The molecule has 0 aliphatic heterocycles. The number of halogens is 2. The Morgan fingerprint density at radius 3 is 2.86 bits per heavy atom. The number of nitrogens with zero attached hydrogens (tertiary/aromatic N) is 5. The van der Waals surface area contributed by atoms with Crippen molar-refractivity contribution in [2.45, 2.75) is 44.6 Å². The first-order chi connectivity index (χ1) is 13.9. The second-order valence-electron chi connectivity index (χ2n) is 7.56. The van der Waals surface area contributed by atoms with E-state index in [0.29, 0.717) is 46.8 Å². The minimum atomic E-state index is -2.69. The zero-order valence-electron chi connectivity index (χ0n) is 15.7. The lowest BCUT2D eigenvalue weighted by Gasteiger charge is -2.17. The summed E-state index contributed by atoms with van der Waals surface area (Å²) in [5.41, 5.74) is 3.26. The van der Waals surface area contributed by atoms with Crippen LogP contribution >= 0.6 is 0 Å². The summed E-state index contributed by atoms with van der Waals surface area (Å²) in [4.78, 5) is 12.7. The van der Waals surface area contributed by atoms with Gasteiger partial charge in [0.25, 0.3) is 0 Å². The number of alkyl halides is 2. The predicted molar refractivity (Wildman–Crippen MR) is 103 cm³/mol. The summed E-state index contributed by atoms with van der Waals surface area (Å²) in [6, 6.07) is 6.69. The molecule has 0 bridgehead atoms. The van der Waals surface area contributed by atoms with Crippen molar-refractivity contribution in [1.82, 2.24) is 19.7 Å². The average Bonchev–Trinajstić information content (AvgIpc) is 3.37. The van der Waals surface area contributed by atoms with Crippen molar-refractivity contribution in [2.75, 3.05) is 0 Å². The SMILES string of the molecule is [C-]#[N+]c1ccc2ncc3nc(Cc4cc(C)on4)n(C4CCC(F)(F)C4)c3c2c1. The highest BCUT2D eigenvalue weighted by Crippen LogP contribution is 2.44. The number of hydrogen-bond donors (Lipinski definition) is 0. The van der Waals surface area contributed by atoms with Gasteiger partial charge in [-0.1, -0.05) is 11.2 Å². The number of fused-ring (bicyclic) bond motifs is 3. The third kappa shape index (κ3) is 3.03. The van der Waals surface area contributed by atoms with Crippen LogP contribution in [0.5, 0.6) is 0 Å². The van der Waals surface area contributed by atoms with Crippen LogP contribution in [-0.2, 0) is 6.42 Å². The fraction of sp³-hybridized carbons (Fsp3) is 0.333. The number of rotatable bonds is 3. The van der Waals surface area contributed by atoms with Crippen molar-refractivity contribution < 1.29 is 13.3 Å². The average molecular weight is 393 g/mol. The van der Waals surface area contributed by atoms with Crippen molar-refractivity contribution in [3.8, 4) is 0 Å². The van der Waals surface area contributed by atoms with Crippen LogP contribution in [0.1, 0.15) is 42.6 Å². The largest absolute Gasteiger partial charge is 0.361 e. The molecule has 1 aliphatic rings. The predicted octanol–water partition coefficient (Wildman–Crippen LogP) is 5.38. The van der Waals surface area contributed by atoms with Crippen molar-refractivity contribution >= 4 is 27.6 Å². The Balaban J connectivity index is 1.76. The lowest BCUT2D eigenvalue weighted by atomic mass is 10.1. The van der Waals surface area contributed by atoms with Crippen molar-refractivity contribution in [3.05, 3.63) is 59.2 Å². The van der Waals surface area contributed by atoms with Crippen LogP contribution in [0.15, 0.2) is 35.0 Å². The van der Waals surface area contributed by atoms with Crippen LogP contribution in [0.2, 0.25) is 0 Å². The smallest absolute Gasteiger partial charge is 0.250 e. The minimum Gasteiger partial charge on any atom is -0.361 e. The van der Waals surface area contributed by atoms with Gasteiger partial charge in [0.05, 0.1) is 35.9 Å². The molecule has 0 radical (unpaired) electrons. The molecule has 29 heavy (non-hydrogen) atoms. The van der Waals surface area contributed by atoms with Crippen LogP contribution in [0.4, 0.5) is 14.5 Å². The number of aromatic nitrogens is 4. The Hall–Kier alpha value is -3.34. The lowest BCUT2D eigenvalue weighted by molar-refractivity contribution is 0.00571. The number of benzene rings is 1. The topological polar surface area (TPSA) is 61.1 Å². The Bertz CT molecular complexity index is 1280. The highest BCUT2D eigenvalue weighted by atomic mass is 19.3. The van der Waals surface area contributed by atoms with Gasteiger partial charge in [-0.3, -0.25) is 4.98 Å². The molecule has 146 valence electrons.